The van der Waals surface area contributed by atoms with Crippen LogP contribution in [0.3, 0.4) is 0 Å². The van der Waals surface area contributed by atoms with Crippen molar-refractivity contribution in [2.24, 2.45) is 0 Å². The molecule has 2 amide bonds. The van der Waals surface area contributed by atoms with Crippen molar-refractivity contribution < 1.29 is 9.59 Å². The van der Waals surface area contributed by atoms with Crippen LogP contribution >= 0.6 is 23.4 Å². The van der Waals surface area contributed by atoms with E-state index in [2.05, 4.69) is 10.6 Å². The Balaban J connectivity index is 1.74. The third-order valence-corrected chi connectivity index (χ3v) is 4.57. The minimum atomic E-state index is -0.235. The Morgan fingerprint density at radius 1 is 1.04 bits per heavy atom. The molecule has 0 saturated carbocycles. The first-order chi connectivity index (χ1) is 11.6. The number of rotatable bonds is 7. The fraction of sp³-hybridized carbons (Fsp3) is 0.222. The Labute approximate surface area is 151 Å². The SMILES string of the molecule is CCc1ccccc1NC(=O)CNC(=O)CSc1ccc(Cl)cc1. The summed E-state index contributed by atoms with van der Waals surface area (Å²) < 4.78 is 0. The van der Waals surface area contributed by atoms with Crippen LogP contribution in [0.4, 0.5) is 5.69 Å². The van der Waals surface area contributed by atoms with Crippen LogP contribution in [0, 0.1) is 0 Å². The second kappa shape index (κ2) is 9.35. The number of hydrogen-bond acceptors (Lipinski definition) is 3. The van der Waals surface area contributed by atoms with Gasteiger partial charge in [-0.2, -0.15) is 0 Å². The number of carbonyl (C=O) groups excluding carboxylic acids is 2. The summed E-state index contributed by atoms with van der Waals surface area (Å²) in [5.74, 6) is -0.171. The highest BCUT2D eigenvalue weighted by Gasteiger charge is 2.08. The molecule has 0 aliphatic heterocycles. The molecule has 0 atom stereocenters. The van der Waals surface area contributed by atoms with Crippen LogP contribution in [-0.2, 0) is 16.0 Å². The standard InChI is InChI=1S/C18H19ClN2O2S/c1-2-13-5-3-4-6-16(13)21-17(22)11-20-18(23)12-24-15-9-7-14(19)8-10-15/h3-10H,2,11-12H2,1H3,(H,20,23)(H,21,22). The first kappa shape index (κ1) is 18.4. The van der Waals surface area contributed by atoms with Crippen LogP contribution in [0.15, 0.2) is 53.4 Å². The van der Waals surface area contributed by atoms with E-state index in [1.807, 2.05) is 43.3 Å². The fourth-order valence-electron chi connectivity index (χ4n) is 2.05. The Morgan fingerprint density at radius 2 is 1.75 bits per heavy atom. The van der Waals surface area contributed by atoms with Gasteiger partial charge in [0.2, 0.25) is 11.8 Å². The minimum Gasteiger partial charge on any atom is -0.346 e. The fourth-order valence-corrected chi connectivity index (χ4v) is 2.91. The van der Waals surface area contributed by atoms with Crippen molar-refractivity contribution in [2.75, 3.05) is 17.6 Å². The lowest BCUT2D eigenvalue weighted by Gasteiger charge is -2.10. The van der Waals surface area contributed by atoms with Crippen LogP contribution < -0.4 is 10.6 Å². The molecule has 0 aromatic heterocycles. The Morgan fingerprint density at radius 3 is 2.46 bits per heavy atom. The maximum atomic E-state index is 11.9. The molecule has 2 rings (SSSR count). The second-order valence-corrected chi connectivity index (χ2v) is 6.56. The van der Waals surface area contributed by atoms with E-state index in [9.17, 15) is 9.59 Å². The molecule has 6 heteroatoms. The maximum absolute atomic E-state index is 11.9. The summed E-state index contributed by atoms with van der Waals surface area (Å²) in [6, 6.07) is 14.9. The number of carbonyl (C=O) groups is 2. The molecule has 0 aliphatic carbocycles. The lowest BCUT2D eigenvalue weighted by Crippen LogP contribution is -2.34. The zero-order valence-electron chi connectivity index (χ0n) is 13.3. The average molecular weight is 363 g/mol. The number of thioether (sulfide) groups is 1. The molecule has 2 N–H and O–H groups in total. The van der Waals surface area contributed by atoms with Crippen molar-refractivity contribution in [3.05, 3.63) is 59.1 Å². The molecular weight excluding hydrogens is 344 g/mol. The van der Waals surface area contributed by atoms with Gasteiger partial charge in [0.15, 0.2) is 0 Å². The normalized spacial score (nSPS) is 10.2. The summed E-state index contributed by atoms with van der Waals surface area (Å²) >= 11 is 7.21. The van der Waals surface area contributed by atoms with Crippen molar-refractivity contribution in [3.63, 3.8) is 0 Å². The largest absolute Gasteiger partial charge is 0.346 e. The van der Waals surface area contributed by atoms with E-state index in [0.717, 1.165) is 22.6 Å². The molecule has 2 aromatic rings. The van der Waals surface area contributed by atoms with Crippen LogP contribution in [0.1, 0.15) is 12.5 Å². The molecular formula is C18H19ClN2O2S. The molecule has 0 heterocycles. The highest BCUT2D eigenvalue weighted by atomic mass is 35.5. The number of para-hydroxylation sites is 1. The molecule has 126 valence electrons. The Kier molecular flexibility index (Phi) is 7.15. The van der Waals surface area contributed by atoms with Crippen LogP contribution in [0.25, 0.3) is 0 Å². The van der Waals surface area contributed by atoms with Crippen molar-refractivity contribution in [3.8, 4) is 0 Å². The van der Waals surface area contributed by atoms with E-state index in [1.54, 1.807) is 12.1 Å². The van der Waals surface area contributed by atoms with Gasteiger partial charge >= 0.3 is 0 Å². The molecule has 0 fully saturated rings. The average Bonchev–Trinajstić information content (AvgIpc) is 2.60. The van der Waals surface area contributed by atoms with Crippen molar-refractivity contribution in [1.82, 2.24) is 5.32 Å². The molecule has 2 aromatic carbocycles. The van der Waals surface area contributed by atoms with Gasteiger partial charge < -0.3 is 10.6 Å². The van der Waals surface area contributed by atoms with Crippen molar-refractivity contribution in [2.45, 2.75) is 18.2 Å². The summed E-state index contributed by atoms with van der Waals surface area (Å²) in [7, 11) is 0. The lowest BCUT2D eigenvalue weighted by molar-refractivity contribution is -0.122. The van der Waals surface area contributed by atoms with Crippen molar-refractivity contribution >= 4 is 40.9 Å². The monoisotopic (exact) mass is 362 g/mol. The van der Waals surface area contributed by atoms with Crippen LogP contribution in [0.5, 0.6) is 0 Å². The summed E-state index contributed by atoms with van der Waals surface area (Å²) in [4.78, 5) is 24.7. The van der Waals surface area contributed by atoms with E-state index in [4.69, 9.17) is 11.6 Å². The highest BCUT2D eigenvalue weighted by molar-refractivity contribution is 8.00. The van der Waals surface area contributed by atoms with Gasteiger partial charge in [-0.15, -0.1) is 11.8 Å². The topological polar surface area (TPSA) is 58.2 Å². The molecule has 0 radical (unpaired) electrons. The van der Waals surface area contributed by atoms with Crippen molar-refractivity contribution in [1.29, 1.82) is 0 Å². The summed E-state index contributed by atoms with van der Waals surface area (Å²) in [5, 5.41) is 6.11. The number of nitrogens with one attached hydrogen (secondary N) is 2. The maximum Gasteiger partial charge on any atom is 0.243 e. The third-order valence-electron chi connectivity index (χ3n) is 3.30. The van der Waals surface area contributed by atoms with Gasteiger partial charge in [-0.25, -0.2) is 0 Å². The van der Waals surface area contributed by atoms with Gasteiger partial charge in [0, 0.05) is 15.6 Å². The molecule has 0 unspecified atom stereocenters. The molecule has 0 saturated heterocycles. The molecule has 0 aliphatic rings. The Hall–Kier alpha value is -1.98. The highest BCUT2D eigenvalue weighted by Crippen LogP contribution is 2.20. The van der Waals surface area contributed by atoms with E-state index in [0.29, 0.717) is 5.02 Å². The van der Waals surface area contributed by atoms with Gasteiger partial charge in [-0.05, 0) is 42.3 Å². The van der Waals surface area contributed by atoms with Gasteiger partial charge in [0.05, 0.1) is 12.3 Å². The van der Waals surface area contributed by atoms with E-state index in [-0.39, 0.29) is 24.1 Å². The summed E-state index contributed by atoms with van der Waals surface area (Å²) in [6.45, 7) is 1.98. The number of amides is 2. The summed E-state index contributed by atoms with van der Waals surface area (Å²) in [5.41, 5.74) is 1.85. The molecule has 0 spiro atoms. The van der Waals surface area contributed by atoms with E-state index >= 15 is 0 Å². The molecule has 24 heavy (non-hydrogen) atoms. The number of hydrogen-bond donors (Lipinski definition) is 2. The number of benzene rings is 2. The molecule has 4 nitrogen and oxygen atoms in total. The quantitative estimate of drug-likeness (QED) is 0.737. The van der Waals surface area contributed by atoms with Gasteiger partial charge in [0.1, 0.15) is 0 Å². The van der Waals surface area contributed by atoms with E-state index in [1.165, 1.54) is 11.8 Å². The van der Waals surface area contributed by atoms with Crippen LogP contribution in [0.2, 0.25) is 5.02 Å². The van der Waals surface area contributed by atoms with Crippen LogP contribution in [-0.4, -0.2) is 24.1 Å². The zero-order valence-corrected chi connectivity index (χ0v) is 14.9. The van der Waals surface area contributed by atoms with Gasteiger partial charge in [0.25, 0.3) is 0 Å². The predicted molar refractivity (Wildman–Crippen MR) is 99.6 cm³/mol. The number of anilines is 1. The lowest BCUT2D eigenvalue weighted by atomic mass is 10.1. The smallest absolute Gasteiger partial charge is 0.243 e. The Bertz CT molecular complexity index is 704. The zero-order chi connectivity index (χ0) is 17.4. The third kappa shape index (κ3) is 5.91. The number of halogens is 1. The first-order valence-electron chi connectivity index (χ1n) is 7.61. The number of aryl methyl sites for hydroxylation is 1. The second-order valence-electron chi connectivity index (χ2n) is 5.08. The van der Waals surface area contributed by atoms with E-state index < -0.39 is 0 Å². The molecule has 0 bridgehead atoms. The predicted octanol–water partition coefficient (Wildman–Crippen LogP) is 3.75. The van der Waals surface area contributed by atoms with Gasteiger partial charge in [-0.1, -0.05) is 36.7 Å². The summed E-state index contributed by atoms with van der Waals surface area (Å²) in [6.07, 6.45) is 0.834. The first-order valence-corrected chi connectivity index (χ1v) is 8.97. The minimum absolute atomic E-state index is 0.0436. The van der Waals surface area contributed by atoms with Gasteiger partial charge in [-0.3, -0.25) is 9.59 Å².